The number of carbonyl (C=O) groups excluding carboxylic acids is 1. The fourth-order valence-electron chi connectivity index (χ4n) is 1.42. The van der Waals surface area contributed by atoms with Crippen LogP contribution in [0.2, 0.25) is 5.02 Å². The zero-order valence-corrected chi connectivity index (χ0v) is 12.3. The van der Waals surface area contributed by atoms with Crippen molar-refractivity contribution in [3.05, 3.63) is 29.3 Å². The first-order valence-electron chi connectivity index (χ1n) is 5.74. The van der Waals surface area contributed by atoms with Crippen LogP contribution >= 0.6 is 23.4 Å². The van der Waals surface area contributed by atoms with Gasteiger partial charge in [-0.25, -0.2) is 0 Å². The van der Waals surface area contributed by atoms with E-state index in [1.165, 1.54) is 11.8 Å². The molecule has 1 aromatic rings. The summed E-state index contributed by atoms with van der Waals surface area (Å²) in [7, 11) is 1.62. The van der Waals surface area contributed by atoms with Crippen LogP contribution in [0.4, 0.5) is 0 Å². The second-order valence-electron chi connectivity index (χ2n) is 4.08. The van der Waals surface area contributed by atoms with Gasteiger partial charge in [0, 0.05) is 23.1 Å². The summed E-state index contributed by atoms with van der Waals surface area (Å²) in [6, 6.07) is 7.49. The van der Waals surface area contributed by atoms with E-state index in [1.807, 2.05) is 38.1 Å². The van der Waals surface area contributed by atoms with Gasteiger partial charge in [-0.05, 0) is 38.1 Å². The summed E-state index contributed by atoms with van der Waals surface area (Å²) in [5.41, 5.74) is 0. The molecule has 100 valence electrons. The molecule has 18 heavy (non-hydrogen) atoms. The lowest BCUT2D eigenvalue weighted by atomic mass is 10.3. The molecule has 0 aliphatic carbocycles. The summed E-state index contributed by atoms with van der Waals surface area (Å²) in [5, 5.41) is 3.45. The van der Waals surface area contributed by atoms with Gasteiger partial charge in [0.15, 0.2) is 0 Å². The number of hydrogen-bond donors (Lipinski definition) is 1. The van der Waals surface area contributed by atoms with Crippen molar-refractivity contribution in [2.24, 2.45) is 0 Å². The van der Waals surface area contributed by atoms with Gasteiger partial charge >= 0.3 is 0 Å². The Morgan fingerprint density at radius 2 is 2.00 bits per heavy atom. The molecular weight excluding hydrogens is 270 g/mol. The Bertz CT molecular complexity index is 383. The van der Waals surface area contributed by atoms with Crippen molar-refractivity contribution < 1.29 is 9.53 Å². The summed E-state index contributed by atoms with van der Waals surface area (Å²) in [4.78, 5) is 12.9. The molecule has 0 aliphatic heterocycles. The van der Waals surface area contributed by atoms with Crippen LogP contribution in [0.25, 0.3) is 0 Å². The Morgan fingerprint density at radius 1 is 1.39 bits per heavy atom. The number of ether oxygens (including phenoxy) is 1. The van der Waals surface area contributed by atoms with Gasteiger partial charge in [0.2, 0.25) is 5.91 Å². The fourth-order valence-corrected chi connectivity index (χ4v) is 2.43. The van der Waals surface area contributed by atoms with Crippen molar-refractivity contribution >= 4 is 29.3 Å². The molecule has 0 spiro atoms. The van der Waals surface area contributed by atoms with Crippen LogP contribution in [0.5, 0.6) is 0 Å². The number of amides is 1. The van der Waals surface area contributed by atoms with Gasteiger partial charge in [-0.15, -0.1) is 11.8 Å². The monoisotopic (exact) mass is 287 g/mol. The van der Waals surface area contributed by atoms with E-state index in [4.69, 9.17) is 16.3 Å². The molecule has 0 aromatic heterocycles. The third kappa shape index (κ3) is 5.29. The largest absolute Gasteiger partial charge is 0.383 e. The summed E-state index contributed by atoms with van der Waals surface area (Å²) >= 11 is 7.32. The van der Waals surface area contributed by atoms with E-state index in [1.54, 1.807) is 7.11 Å². The van der Waals surface area contributed by atoms with Crippen LogP contribution < -0.4 is 5.32 Å². The average molecular weight is 288 g/mol. The van der Waals surface area contributed by atoms with Crippen molar-refractivity contribution in [1.29, 1.82) is 0 Å². The Hall–Kier alpha value is -0.710. The first-order valence-corrected chi connectivity index (χ1v) is 7.00. The predicted octanol–water partition coefficient (Wildman–Crippen LogP) is 2.97. The highest BCUT2D eigenvalue weighted by atomic mass is 35.5. The summed E-state index contributed by atoms with van der Waals surface area (Å²) < 4.78 is 4.98. The molecule has 0 aliphatic rings. The Kier molecular flexibility index (Phi) is 6.54. The SMILES string of the molecule is COC[C@H](C)NC(=O)[C@H](C)Sc1ccc(Cl)cc1. The van der Waals surface area contributed by atoms with Gasteiger partial charge in [-0.3, -0.25) is 4.79 Å². The minimum atomic E-state index is -0.148. The van der Waals surface area contributed by atoms with E-state index in [-0.39, 0.29) is 17.2 Å². The number of methoxy groups -OCH3 is 1. The third-order valence-corrected chi connectivity index (χ3v) is 3.66. The third-order valence-electron chi connectivity index (χ3n) is 2.30. The zero-order chi connectivity index (χ0) is 13.5. The number of hydrogen-bond acceptors (Lipinski definition) is 3. The number of halogens is 1. The van der Waals surface area contributed by atoms with Gasteiger partial charge in [0.05, 0.1) is 11.9 Å². The van der Waals surface area contributed by atoms with Crippen molar-refractivity contribution in [1.82, 2.24) is 5.32 Å². The van der Waals surface area contributed by atoms with E-state index < -0.39 is 0 Å². The molecule has 0 saturated heterocycles. The van der Waals surface area contributed by atoms with Gasteiger partial charge in [-0.1, -0.05) is 11.6 Å². The molecule has 0 heterocycles. The maximum absolute atomic E-state index is 11.9. The van der Waals surface area contributed by atoms with Gasteiger partial charge < -0.3 is 10.1 Å². The van der Waals surface area contributed by atoms with Gasteiger partial charge in [0.1, 0.15) is 0 Å². The second kappa shape index (κ2) is 7.67. The number of rotatable bonds is 6. The Labute approximate surface area is 117 Å². The fraction of sp³-hybridized carbons (Fsp3) is 0.462. The van der Waals surface area contributed by atoms with Crippen molar-refractivity contribution in [2.45, 2.75) is 30.0 Å². The predicted molar refractivity (Wildman–Crippen MR) is 76.3 cm³/mol. The topological polar surface area (TPSA) is 38.3 Å². The summed E-state index contributed by atoms with van der Waals surface area (Å²) in [6.45, 7) is 4.32. The molecule has 2 atom stereocenters. The molecule has 1 aromatic carbocycles. The van der Waals surface area contributed by atoms with E-state index in [9.17, 15) is 4.79 Å². The van der Waals surface area contributed by atoms with E-state index in [0.29, 0.717) is 11.6 Å². The van der Waals surface area contributed by atoms with Crippen LogP contribution in [0.1, 0.15) is 13.8 Å². The quantitative estimate of drug-likeness (QED) is 0.818. The van der Waals surface area contributed by atoms with Crippen molar-refractivity contribution in [2.75, 3.05) is 13.7 Å². The summed E-state index contributed by atoms with van der Waals surface area (Å²) in [6.07, 6.45) is 0. The van der Waals surface area contributed by atoms with E-state index in [0.717, 1.165) is 4.90 Å². The molecule has 5 heteroatoms. The minimum absolute atomic E-state index is 0.0134. The van der Waals surface area contributed by atoms with E-state index in [2.05, 4.69) is 5.32 Å². The highest BCUT2D eigenvalue weighted by Gasteiger charge is 2.16. The second-order valence-corrected chi connectivity index (χ2v) is 5.93. The molecule has 0 unspecified atom stereocenters. The molecule has 0 bridgehead atoms. The number of carbonyl (C=O) groups is 1. The smallest absolute Gasteiger partial charge is 0.233 e. The zero-order valence-electron chi connectivity index (χ0n) is 10.8. The molecule has 1 N–H and O–H groups in total. The highest BCUT2D eigenvalue weighted by molar-refractivity contribution is 8.00. The maximum Gasteiger partial charge on any atom is 0.233 e. The van der Waals surface area contributed by atoms with Crippen molar-refractivity contribution in [3.8, 4) is 0 Å². The van der Waals surface area contributed by atoms with E-state index >= 15 is 0 Å². The summed E-state index contributed by atoms with van der Waals surface area (Å²) in [5.74, 6) is 0.0134. The lowest BCUT2D eigenvalue weighted by molar-refractivity contribution is -0.121. The first-order chi connectivity index (χ1) is 8.52. The standard InChI is InChI=1S/C13H18ClNO2S/c1-9(8-17-3)15-13(16)10(2)18-12-6-4-11(14)5-7-12/h4-7,9-10H,8H2,1-3H3,(H,15,16)/t9-,10-/m0/s1. The number of benzene rings is 1. The molecule has 1 rings (SSSR count). The molecule has 1 amide bonds. The molecule has 0 radical (unpaired) electrons. The normalized spacial score (nSPS) is 14.0. The van der Waals surface area contributed by atoms with Crippen LogP contribution in [-0.2, 0) is 9.53 Å². The minimum Gasteiger partial charge on any atom is -0.383 e. The van der Waals surface area contributed by atoms with Crippen molar-refractivity contribution in [3.63, 3.8) is 0 Å². The molecule has 3 nitrogen and oxygen atoms in total. The Morgan fingerprint density at radius 3 is 2.56 bits per heavy atom. The maximum atomic E-state index is 11.9. The average Bonchev–Trinajstić information content (AvgIpc) is 2.32. The molecule has 0 saturated carbocycles. The lowest BCUT2D eigenvalue weighted by Crippen LogP contribution is -2.39. The molecule has 0 fully saturated rings. The number of nitrogens with one attached hydrogen (secondary N) is 1. The van der Waals surface area contributed by atoms with Crippen LogP contribution in [0, 0.1) is 0 Å². The first kappa shape index (κ1) is 15.3. The number of thioether (sulfide) groups is 1. The van der Waals surface area contributed by atoms with Gasteiger partial charge in [0.25, 0.3) is 0 Å². The molecular formula is C13H18ClNO2S. The highest BCUT2D eigenvalue weighted by Crippen LogP contribution is 2.24. The van der Waals surface area contributed by atoms with Crippen LogP contribution in [0.15, 0.2) is 29.2 Å². The van der Waals surface area contributed by atoms with Crippen LogP contribution in [-0.4, -0.2) is 30.9 Å². The van der Waals surface area contributed by atoms with Gasteiger partial charge in [-0.2, -0.15) is 0 Å². The van der Waals surface area contributed by atoms with Crippen LogP contribution in [0.3, 0.4) is 0 Å². The lowest BCUT2D eigenvalue weighted by Gasteiger charge is -2.16. The Balaban J connectivity index is 2.46.